The molecule has 4 aromatic heterocycles. The number of aliphatic hydroxyl groups is 2. The third-order valence-corrected chi connectivity index (χ3v) is 22.9. The van der Waals surface area contributed by atoms with Crippen molar-refractivity contribution in [2.24, 2.45) is 0 Å². The van der Waals surface area contributed by atoms with Crippen LogP contribution in [0.5, 0.6) is 17.2 Å². The van der Waals surface area contributed by atoms with Crippen molar-refractivity contribution in [2.75, 3.05) is 34.5 Å². The molecule has 137 heavy (non-hydrogen) atoms. The van der Waals surface area contributed by atoms with E-state index in [2.05, 4.69) is 68.0 Å². The molecule has 726 valence electrons. The van der Waals surface area contributed by atoms with E-state index in [0.717, 1.165) is 131 Å². The quantitative estimate of drug-likeness (QED) is 0.0180. The number of nitrogens with zero attached hydrogens (tertiary/aromatic N) is 10. The number of carboxylic acid groups (broad SMARTS) is 3. The van der Waals surface area contributed by atoms with Crippen LogP contribution in [0.25, 0.3) is 33.5 Å². The van der Waals surface area contributed by atoms with Gasteiger partial charge in [0.1, 0.15) is 5.82 Å². The Hall–Kier alpha value is -13.4. The smallest absolute Gasteiger partial charge is 0.416 e. The van der Waals surface area contributed by atoms with E-state index >= 15 is 0 Å². The Labute approximate surface area is 791 Å². The summed E-state index contributed by atoms with van der Waals surface area (Å²) in [6, 6.07) is 39.2. The highest BCUT2D eigenvalue weighted by molar-refractivity contribution is 5.76. The molecule has 8 aromatic carbocycles. The maximum absolute atomic E-state index is 15.0. The summed E-state index contributed by atoms with van der Waals surface area (Å²) in [6.07, 6.45) is -3.83. The molecular formula is C106H116F10N10O11. The molecule has 12 rings (SSSR count). The fourth-order valence-corrected chi connectivity index (χ4v) is 15.6. The van der Waals surface area contributed by atoms with Gasteiger partial charge in [-0.2, -0.15) is 39.5 Å². The number of hydrogen-bond donors (Lipinski definition) is 5. The summed E-state index contributed by atoms with van der Waals surface area (Å²) in [4.78, 5) is 69.7. The van der Waals surface area contributed by atoms with Gasteiger partial charge in [0, 0.05) is 75.4 Å². The number of aryl methyl sites for hydroxylation is 11. The molecule has 0 unspecified atom stereocenters. The number of ether oxygens (including phenoxy) is 3. The van der Waals surface area contributed by atoms with Crippen LogP contribution in [0.1, 0.15) is 214 Å². The lowest BCUT2D eigenvalue weighted by Gasteiger charge is -2.27. The molecule has 31 heteroatoms. The van der Waals surface area contributed by atoms with Crippen LogP contribution in [0, 0.1) is 82.0 Å². The second kappa shape index (κ2) is 45.5. The summed E-state index contributed by atoms with van der Waals surface area (Å²) in [5, 5.41) is 48.0. The Morgan fingerprint density at radius 3 is 1.04 bits per heavy atom. The van der Waals surface area contributed by atoms with Gasteiger partial charge >= 0.3 is 36.4 Å². The van der Waals surface area contributed by atoms with Crippen molar-refractivity contribution >= 4 is 35.8 Å². The zero-order chi connectivity index (χ0) is 101. The van der Waals surface area contributed by atoms with Gasteiger partial charge in [-0.15, -0.1) is 0 Å². The number of anilines is 3. The lowest BCUT2D eigenvalue weighted by molar-refractivity contribution is -0.138. The number of carboxylic acids is 3. The summed E-state index contributed by atoms with van der Waals surface area (Å²) >= 11 is 0. The minimum atomic E-state index is -4.53. The average Bonchev–Trinajstić information content (AvgIpc) is 0.782. The van der Waals surface area contributed by atoms with Crippen LogP contribution in [0.2, 0.25) is 0 Å². The van der Waals surface area contributed by atoms with Crippen LogP contribution in [-0.4, -0.2) is 98.1 Å². The number of carbonyl (C=O) groups is 3. The van der Waals surface area contributed by atoms with E-state index in [1.165, 1.54) is 57.1 Å². The number of alkyl halides is 9. The molecule has 0 atom stereocenters. The van der Waals surface area contributed by atoms with Crippen molar-refractivity contribution in [3.63, 3.8) is 0 Å². The lowest BCUT2D eigenvalue weighted by Crippen LogP contribution is -2.25. The highest BCUT2D eigenvalue weighted by Gasteiger charge is 2.35. The van der Waals surface area contributed by atoms with Gasteiger partial charge in [0.15, 0.2) is 17.2 Å². The molecule has 0 radical (unpaired) electrons. The van der Waals surface area contributed by atoms with Crippen LogP contribution in [0.15, 0.2) is 177 Å². The van der Waals surface area contributed by atoms with E-state index in [1.54, 1.807) is 70.7 Å². The molecule has 0 aliphatic carbocycles. The van der Waals surface area contributed by atoms with Crippen molar-refractivity contribution in [1.82, 2.24) is 34.9 Å². The molecule has 0 saturated carbocycles. The van der Waals surface area contributed by atoms with Gasteiger partial charge < -0.3 is 54.4 Å². The van der Waals surface area contributed by atoms with Gasteiger partial charge in [-0.1, -0.05) is 115 Å². The van der Waals surface area contributed by atoms with Gasteiger partial charge in [0.25, 0.3) is 0 Å². The predicted molar refractivity (Wildman–Crippen MR) is 507 cm³/mol. The molecule has 0 fully saturated rings. The van der Waals surface area contributed by atoms with Crippen LogP contribution < -0.4 is 28.9 Å². The highest BCUT2D eigenvalue weighted by atomic mass is 19.4. The summed E-state index contributed by atoms with van der Waals surface area (Å²) in [5.74, 6) is -1.15. The molecule has 12 aromatic rings. The molecule has 0 aliphatic heterocycles. The first-order valence-electron chi connectivity index (χ1n) is 44.7. The number of pyridine rings is 1. The van der Waals surface area contributed by atoms with Crippen LogP contribution in [0.3, 0.4) is 0 Å². The number of halogens is 10. The van der Waals surface area contributed by atoms with E-state index in [4.69, 9.17) is 34.5 Å². The van der Waals surface area contributed by atoms with E-state index in [-0.39, 0.29) is 89.2 Å². The Kier molecular flexibility index (Phi) is 35.1. The fourth-order valence-electron chi connectivity index (χ4n) is 15.6. The first-order valence-corrected chi connectivity index (χ1v) is 44.7. The Morgan fingerprint density at radius 2 is 0.701 bits per heavy atom. The molecule has 0 aliphatic rings. The number of benzene rings is 8. The van der Waals surface area contributed by atoms with Crippen LogP contribution in [0.4, 0.5) is 61.7 Å². The lowest BCUT2D eigenvalue weighted by atomic mass is 9.87. The molecular weight excluding hydrogens is 1780 g/mol. The van der Waals surface area contributed by atoms with Crippen molar-refractivity contribution in [1.29, 1.82) is 0 Å². The third kappa shape index (κ3) is 30.3. The zero-order valence-corrected chi connectivity index (χ0v) is 79.9. The van der Waals surface area contributed by atoms with Gasteiger partial charge in [0.2, 0.25) is 17.8 Å². The average molecular weight is 1900 g/mol. The number of aromatic nitrogens is 7. The normalized spacial score (nSPS) is 11.8. The van der Waals surface area contributed by atoms with Crippen LogP contribution in [-0.2, 0) is 83.4 Å². The third-order valence-electron chi connectivity index (χ3n) is 22.9. The number of rotatable bonds is 36. The van der Waals surface area contributed by atoms with Crippen molar-refractivity contribution in [2.45, 2.75) is 231 Å². The van der Waals surface area contributed by atoms with Crippen molar-refractivity contribution < 1.29 is 98.0 Å². The van der Waals surface area contributed by atoms with Gasteiger partial charge in [-0.3, -0.25) is 19.4 Å². The maximum Gasteiger partial charge on any atom is 0.416 e. The minimum absolute atomic E-state index is 0.0175. The Balaban J connectivity index is 0.000000212. The predicted octanol–water partition coefficient (Wildman–Crippen LogP) is 24.3. The minimum Gasteiger partial charge on any atom is -0.490 e. The highest BCUT2D eigenvalue weighted by Crippen LogP contribution is 2.42. The van der Waals surface area contributed by atoms with Crippen molar-refractivity contribution in [3.05, 3.63) is 311 Å². The molecule has 4 heterocycles. The summed E-state index contributed by atoms with van der Waals surface area (Å²) in [5.41, 5.74) is 15.6. The molecule has 0 spiro atoms. The summed E-state index contributed by atoms with van der Waals surface area (Å²) in [7, 11) is 0. The van der Waals surface area contributed by atoms with E-state index in [0.29, 0.717) is 99.5 Å². The zero-order valence-electron chi connectivity index (χ0n) is 79.9. The standard InChI is InChI=1S/C36H39F4N3O4.C36H40F3N3O4.C34H37F3N4O3/c1-21-10-25(15-27(11-21)36(38,39)40)19-43(34-41-17-28(18-42-34)47-9-7-8-33(44)45)20-26-12-22(2)23(3)13-30(26)29-16-31(35(5,6)46)32(37)14-24(29)4;1-22-12-26(16-29(13-22)36(37,38)39)20-42(34-40-18-30(19-41-34)46-11-7-8-33(43)44)21-27-14-24(3)25(4)15-32(27)31-17-28(35(5,6)45)10-9-23(31)2;1-21(2)30-11-9-24(5)32(40-30)29-10-8-22(3)14-26(29)20-41(19-25-13-23(4)15-27(16-25)34(35,36)37)33-38-17-28(18-39-33)44-12-6-7-31(42)43/h10-18,46H,7-9,19-20H2,1-6H3,(H,44,45);9-10,12-19,45H,7-8,11,20-21H2,1-6H3,(H,43,44);8-11,13-18,21H,6-7,12,19-20H2,1-5H3,(H,42,43). The Bertz CT molecular complexity index is 6240. The SMILES string of the molecule is Cc1cc(CN(Cc2cc(C)c(C)cc2-c2cc(C(C)(C)O)c(F)cc2C)c2ncc(OCCCC(=O)O)cn2)cc(C(F)(F)F)c1.Cc1cc(CN(Cc2cc(C)c(C)cc2-c2cc(C(C)(C)O)ccc2C)c2ncc(OCCCC(=O)O)cn2)cc(C(F)(F)F)c1.Cc1cc(CN(Cc2cc(C)ccc2-c2nc(C(C)C)ccc2C)c2ncc(OCCCC(=O)O)cn2)cc(C(F)(F)F)c1. The van der Waals surface area contributed by atoms with Crippen molar-refractivity contribution in [3.8, 4) is 50.8 Å². The molecule has 5 N–H and O–H groups in total. The van der Waals surface area contributed by atoms with Gasteiger partial charge in [-0.25, -0.2) is 34.3 Å². The van der Waals surface area contributed by atoms with E-state index < -0.39 is 70.1 Å². The van der Waals surface area contributed by atoms with Crippen LogP contribution >= 0.6 is 0 Å². The largest absolute Gasteiger partial charge is 0.490 e. The number of aliphatic carboxylic acids is 3. The Morgan fingerprint density at radius 1 is 0.350 bits per heavy atom. The first kappa shape index (κ1) is 106. The molecule has 0 amide bonds. The van der Waals surface area contributed by atoms with Gasteiger partial charge in [-0.05, 0) is 290 Å². The fraction of sp³-hybridized carbons (Fsp3) is 0.358. The summed E-state index contributed by atoms with van der Waals surface area (Å²) < 4.78 is 155. The topological polar surface area (TPSA) is 280 Å². The summed E-state index contributed by atoms with van der Waals surface area (Å²) in [6.45, 7) is 32.8. The van der Waals surface area contributed by atoms with E-state index in [1.807, 2.05) is 107 Å². The molecule has 0 saturated heterocycles. The monoisotopic (exact) mass is 1890 g/mol. The van der Waals surface area contributed by atoms with Gasteiger partial charge in [0.05, 0.1) is 90.6 Å². The first-order chi connectivity index (χ1) is 64.2. The number of hydrogen-bond acceptors (Lipinski definition) is 18. The van der Waals surface area contributed by atoms with E-state index in [9.17, 15) is 68.5 Å². The second-order valence-electron chi connectivity index (χ2n) is 36.1. The maximum atomic E-state index is 15.0. The molecule has 21 nitrogen and oxygen atoms in total. The second-order valence-corrected chi connectivity index (χ2v) is 36.1. The molecule has 0 bridgehead atoms.